The molecule has 0 aromatic heterocycles. The van der Waals surface area contributed by atoms with E-state index in [1.165, 1.54) is 25.1 Å². The lowest BCUT2D eigenvalue weighted by molar-refractivity contribution is -0.119. The average molecular weight is 594 g/mol. The van der Waals surface area contributed by atoms with Crippen molar-refractivity contribution in [3.8, 4) is 0 Å². The molecule has 1 fully saturated rings. The number of carbonyl (C=O) groups is 2. The largest absolute Gasteiger partial charge is 0.368 e. The Morgan fingerprint density at radius 1 is 1.00 bits per heavy atom. The second-order valence-corrected chi connectivity index (χ2v) is 12.1. The Balaban J connectivity index is 1.64. The maximum absolute atomic E-state index is 15.6. The smallest absolute Gasteiger partial charge is 0.254 e. The van der Waals surface area contributed by atoms with Gasteiger partial charge in [0.1, 0.15) is 6.04 Å². The number of hydrogen-bond acceptors (Lipinski definition) is 5. The van der Waals surface area contributed by atoms with Gasteiger partial charge >= 0.3 is 0 Å². The number of hydrogen-bond donors (Lipinski definition) is 2. The van der Waals surface area contributed by atoms with Crippen LogP contribution in [0.5, 0.6) is 0 Å². The topological polar surface area (TPSA) is 113 Å². The van der Waals surface area contributed by atoms with Crippen molar-refractivity contribution < 1.29 is 22.4 Å². The monoisotopic (exact) mass is 592 g/mol. The first-order valence-electron chi connectivity index (χ1n) is 12.0. The van der Waals surface area contributed by atoms with Gasteiger partial charge in [0, 0.05) is 23.1 Å². The third-order valence-corrected chi connectivity index (χ3v) is 8.26. The summed E-state index contributed by atoms with van der Waals surface area (Å²) in [6.07, 6.45) is 0.993. The predicted octanol–water partition coefficient (Wildman–Crippen LogP) is 3.98. The molecule has 0 saturated carbocycles. The van der Waals surface area contributed by atoms with E-state index in [0.717, 1.165) is 21.7 Å². The summed E-state index contributed by atoms with van der Waals surface area (Å²) in [5.41, 5.74) is 6.42. The number of nitrogens with zero attached hydrogens (tertiary/aromatic N) is 2. The molecule has 3 aromatic carbocycles. The van der Waals surface area contributed by atoms with Gasteiger partial charge in [-0.1, -0.05) is 53.5 Å². The average Bonchev–Trinajstić information content (AvgIpc) is 2.84. The number of sulfonamides is 1. The van der Waals surface area contributed by atoms with Gasteiger partial charge in [0.15, 0.2) is 5.82 Å². The van der Waals surface area contributed by atoms with Crippen LogP contribution < -0.4 is 15.4 Å². The van der Waals surface area contributed by atoms with Crippen molar-refractivity contribution >= 4 is 50.7 Å². The molecule has 1 saturated heterocycles. The Kier molecular flexibility index (Phi) is 8.51. The first kappa shape index (κ1) is 28.8. The fourth-order valence-electron chi connectivity index (χ4n) is 4.61. The maximum Gasteiger partial charge on any atom is 0.254 e. The molecule has 1 heterocycles. The van der Waals surface area contributed by atoms with Crippen LogP contribution in [-0.4, -0.2) is 56.6 Å². The minimum atomic E-state index is -3.94. The Morgan fingerprint density at radius 3 is 1.97 bits per heavy atom. The lowest BCUT2D eigenvalue weighted by Gasteiger charge is -2.48. The molecule has 12 heteroatoms. The highest BCUT2D eigenvalue weighted by Crippen LogP contribution is 2.37. The molecular formula is C27H27Cl2FN4O4S. The summed E-state index contributed by atoms with van der Waals surface area (Å²) >= 11 is 12.2. The molecule has 3 aromatic rings. The number of primary amides is 1. The molecule has 39 heavy (non-hydrogen) atoms. The number of nitrogens with one attached hydrogen (secondary N) is 1. The molecule has 0 unspecified atom stereocenters. The molecule has 1 aliphatic heterocycles. The van der Waals surface area contributed by atoms with Crippen LogP contribution in [-0.2, 0) is 14.8 Å². The van der Waals surface area contributed by atoms with E-state index in [1.54, 1.807) is 24.3 Å². The van der Waals surface area contributed by atoms with Crippen molar-refractivity contribution in [3.05, 3.63) is 99.3 Å². The molecule has 0 bridgehead atoms. The van der Waals surface area contributed by atoms with Gasteiger partial charge < -0.3 is 11.1 Å². The standard InChI is InChI=1S/C27H27Cl2FN4O4S/c1-16(26(31)35)32-27(36)22-4-3-5-23(24(22)30)34(39(2,37)38)21-14-33(15-21)25(17-6-10-19(28)11-7-17)18-8-12-20(29)13-9-18/h3-13,16,21,25H,14-15H2,1-2H3,(H2,31,35)(H,32,36)/t16-/m0/s1. The van der Waals surface area contributed by atoms with Crippen molar-refractivity contribution in [1.82, 2.24) is 10.2 Å². The number of halogens is 3. The van der Waals surface area contributed by atoms with E-state index < -0.39 is 45.3 Å². The summed E-state index contributed by atoms with van der Waals surface area (Å²) < 4.78 is 42.4. The van der Waals surface area contributed by atoms with E-state index in [0.29, 0.717) is 10.0 Å². The molecule has 0 spiro atoms. The van der Waals surface area contributed by atoms with Crippen LogP contribution >= 0.6 is 23.2 Å². The Morgan fingerprint density at radius 2 is 1.51 bits per heavy atom. The van der Waals surface area contributed by atoms with Gasteiger partial charge in [-0.15, -0.1) is 0 Å². The summed E-state index contributed by atoms with van der Waals surface area (Å²) in [5, 5.41) is 3.49. The van der Waals surface area contributed by atoms with Crippen molar-refractivity contribution in [2.75, 3.05) is 23.7 Å². The SMILES string of the molecule is C[C@H](NC(=O)c1cccc(N(C2CN(C(c3ccc(Cl)cc3)c3ccc(Cl)cc3)C2)S(C)(=O)=O)c1F)C(N)=O. The third kappa shape index (κ3) is 6.36. The summed E-state index contributed by atoms with van der Waals surface area (Å²) in [5.74, 6) is -2.68. The number of nitrogens with two attached hydrogens (primary N) is 1. The second-order valence-electron chi connectivity index (χ2n) is 9.41. The fourth-order valence-corrected chi connectivity index (χ4v) is 6.03. The van der Waals surface area contributed by atoms with Crippen LogP contribution in [0.3, 0.4) is 0 Å². The number of carbonyl (C=O) groups excluding carboxylic acids is 2. The van der Waals surface area contributed by atoms with Gasteiger partial charge in [0.25, 0.3) is 5.91 Å². The lowest BCUT2D eigenvalue weighted by atomic mass is 9.93. The van der Waals surface area contributed by atoms with E-state index in [4.69, 9.17) is 28.9 Å². The minimum absolute atomic E-state index is 0.227. The maximum atomic E-state index is 15.6. The van der Waals surface area contributed by atoms with Crippen LogP contribution in [0.25, 0.3) is 0 Å². The highest BCUT2D eigenvalue weighted by molar-refractivity contribution is 7.92. The van der Waals surface area contributed by atoms with Gasteiger partial charge in [-0.2, -0.15) is 0 Å². The van der Waals surface area contributed by atoms with Gasteiger partial charge in [0.05, 0.1) is 29.6 Å². The summed E-state index contributed by atoms with van der Waals surface area (Å²) in [4.78, 5) is 26.0. The van der Waals surface area contributed by atoms with Gasteiger partial charge in [0.2, 0.25) is 15.9 Å². The number of rotatable bonds is 9. The normalized spacial score (nSPS) is 15.0. The molecule has 0 radical (unpaired) electrons. The van der Waals surface area contributed by atoms with E-state index in [-0.39, 0.29) is 24.8 Å². The number of anilines is 1. The van der Waals surface area contributed by atoms with Crippen LogP contribution in [0.2, 0.25) is 10.0 Å². The summed E-state index contributed by atoms with van der Waals surface area (Å²) in [6, 6.07) is 16.8. The van der Waals surface area contributed by atoms with Crippen LogP contribution in [0, 0.1) is 5.82 Å². The molecule has 8 nitrogen and oxygen atoms in total. The molecule has 2 amide bonds. The molecular weight excluding hydrogens is 566 g/mol. The van der Waals surface area contributed by atoms with Crippen LogP contribution in [0.15, 0.2) is 66.7 Å². The summed E-state index contributed by atoms with van der Waals surface area (Å²) in [6.45, 7) is 1.95. The zero-order valence-electron chi connectivity index (χ0n) is 21.1. The Bertz CT molecular complexity index is 1440. The van der Waals surface area contributed by atoms with Gasteiger partial charge in [-0.05, 0) is 54.4 Å². The van der Waals surface area contributed by atoms with Crippen molar-refractivity contribution in [2.24, 2.45) is 5.73 Å². The zero-order valence-corrected chi connectivity index (χ0v) is 23.5. The first-order valence-corrected chi connectivity index (χ1v) is 14.6. The summed E-state index contributed by atoms with van der Waals surface area (Å²) in [7, 11) is -3.94. The predicted molar refractivity (Wildman–Crippen MR) is 150 cm³/mol. The van der Waals surface area contributed by atoms with Crippen LogP contribution in [0.4, 0.5) is 10.1 Å². The molecule has 4 rings (SSSR count). The zero-order chi connectivity index (χ0) is 28.5. The van der Waals surface area contributed by atoms with E-state index >= 15 is 4.39 Å². The quantitative estimate of drug-likeness (QED) is 0.390. The molecule has 3 N–H and O–H groups in total. The number of benzene rings is 3. The third-order valence-electron chi connectivity index (χ3n) is 6.55. The number of likely N-dealkylation sites (tertiary alicyclic amines) is 1. The molecule has 0 aliphatic carbocycles. The minimum Gasteiger partial charge on any atom is -0.368 e. The lowest BCUT2D eigenvalue weighted by Crippen LogP contribution is -2.61. The second kappa shape index (κ2) is 11.5. The number of amides is 2. The van der Waals surface area contributed by atoms with Gasteiger partial charge in [-0.3, -0.25) is 18.8 Å². The Labute approximate surface area is 236 Å². The van der Waals surface area contributed by atoms with E-state index in [9.17, 15) is 18.0 Å². The molecule has 206 valence electrons. The highest BCUT2D eigenvalue weighted by atomic mass is 35.5. The van der Waals surface area contributed by atoms with E-state index in [1.807, 2.05) is 24.3 Å². The van der Waals surface area contributed by atoms with Crippen LogP contribution in [0.1, 0.15) is 34.5 Å². The first-order chi connectivity index (χ1) is 18.4. The molecule has 1 aliphatic rings. The van der Waals surface area contributed by atoms with Crippen molar-refractivity contribution in [1.29, 1.82) is 0 Å². The highest BCUT2D eigenvalue weighted by Gasteiger charge is 2.42. The van der Waals surface area contributed by atoms with Gasteiger partial charge in [-0.25, -0.2) is 12.8 Å². The Hall–Kier alpha value is -3.18. The van der Waals surface area contributed by atoms with E-state index in [2.05, 4.69) is 10.2 Å². The molecule has 1 atom stereocenters. The fraction of sp³-hybridized carbons (Fsp3) is 0.259. The van der Waals surface area contributed by atoms with Crippen molar-refractivity contribution in [2.45, 2.75) is 25.0 Å². The van der Waals surface area contributed by atoms with Crippen molar-refractivity contribution in [3.63, 3.8) is 0 Å².